The van der Waals surface area contributed by atoms with E-state index in [2.05, 4.69) is 82.6 Å². The number of hydrogen-bond donors (Lipinski definition) is 2. The molecule has 0 heterocycles. The molecule has 4 atom stereocenters. The summed E-state index contributed by atoms with van der Waals surface area (Å²) in [6, 6.07) is 3.27. The molecule has 0 aromatic rings. The molecule has 10 heteroatoms. The van der Waals surface area contributed by atoms with Gasteiger partial charge < -0.3 is 28.5 Å². The SMILES string of the molecule is CCC(C)(O[Si](C)(C)[C@](C)(CC)O[Si](C)(CC)CCCOCCO)[Si](C)(I)CCCOCCO. The second kappa shape index (κ2) is 16.2. The van der Waals surface area contributed by atoms with Gasteiger partial charge in [0.15, 0.2) is 13.9 Å². The van der Waals surface area contributed by atoms with Crippen LogP contribution >= 0.6 is 21.8 Å². The summed E-state index contributed by atoms with van der Waals surface area (Å²) in [5.74, 6) is 0. The molecule has 0 rings (SSSR count). The third-order valence-corrected chi connectivity index (χ3v) is 25.0. The highest BCUT2D eigenvalue weighted by Crippen LogP contribution is 2.43. The molecule has 0 aromatic carbocycles. The quantitative estimate of drug-likeness (QED) is 0.0683. The molecule has 0 radical (unpaired) electrons. The van der Waals surface area contributed by atoms with Gasteiger partial charge in [-0.1, -0.05) is 27.3 Å². The Morgan fingerprint density at radius 1 is 0.706 bits per heavy atom. The van der Waals surface area contributed by atoms with E-state index < -0.39 is 22.2 Å². The van der Waals surface area contributed by atoms with Crippen LogP contribution in [0.5, 0.6) is 0 Å². The van der Waals surface area contributed by atoms with Crippen LogP contribution in [0.15, 0.2) is 0 Å². The molecule has 0 saturated heterocycles. The number of aliphatic hydroxyl groups excluding tert-OH is 2. The highest BCUT2D eigenvalue weighted by Gasteiger charge is 2.55. The van der Waals surface area contributed by atoms with Crippen molar-refractivity contribution in [1.29, 1.82) is 0 Å². The molecule has 3 unspecified atom stereocenters. The summed E-state index contributed by atoms with van der Waals surface area (Å²) in [4.78, 5) is 0. The number of halogens is 1. The van der Waals surface area contributed by atoms with Gasteiger partial charge in [-0.15, -0.1) is 21.8 Å². The fraction of sp³-hybridized carbons (Fsp3) is 1.00. The van der Waals surface area contributed by atoms with E-state index in [9.17, 15) is 0 Å². The smallest absolute Gasteiger partial charge is 0.216 e. The van der Waals surface area contributed by atoms with E-state index in [-0.39, 0.29) is 23.7 Å². The second-order valence-corrected chi connectivity index (χ2v) is 30.5. The summed E-state index contributed by atoms with van der Waals surface area (Å²) < 4.78 is 25.5. The molecule has 0 aliphatic heterocycles. The summed E-state index contributed by atoms with van der Waals surface area (Å²) in [7, 11) is -4.19. The van der Waals surface area contributed by atoms with Crippen molar-refractivity contribution in [2.24, 2.45) is 0 Å². The fourth-order valence-electron chi connectivity index (χ4n) is 4.33. The molecule has 0 amide bonds. The number of rotatable bonds is 21. The first-order valence-electron chi connectivity index (χ1n) is 13.2. The predicted molar refractivity (Wildman–Crippen MR) is 159 cm³/mol. The summed E-state index contributed by atoms with van der Waals surface area (Å²) in [5, 5.41) is 17.5. The molecule has 206 valence electrons. The zero-order chi connectivity index (χ0) is 26.5. The normalized spacial score (nSPS) is 19.8. The Balaban J connectivity index is 5.48. The molecular formula is C24H55IO6Si3. The number of aliphatic hydroxyl groups is 2. The van der Waals surface area contributed by atoms with Crippen LogP contribution in [-0.4, -0.2) is 82.5 Å². The molecule has 6 nitrogen and oxygen atoms in total. The second-order valence-electron chi connectivity index (χ2n) is 10.8. The van der Waals surface area contributed by atoms with Crippen LogP contribution in [0.3, 0.4) is 0 Å². The van der Waals surface area contributed by atoms with Crippen LogP contribution in [0.25, 0.3) is 0 Å². The van der Waals surface area contributed by atoms with Crippen LogP contribution in [-0.2, 0) is 18.3 Å². The lowest BCUT2D eigenvalue weighted by molar-refractivity contribution is 0.0726. The van der Waals surface area contributed by atoms with Crippen molar-refractivity contribution < 1.29 is 28.5 Å². The molecule has 2 N–H and O–H groups in total. The Morgan fingerprint density at radius 2 is 1.18 bits per heavy atom. The Bertz CT molecular complexity index is 557. The summed E-state index contributed by atoms with van der Waals surface area (Å²) in [6.45, 7) is 23.3. The fourth-order valence-corrected chi connectivity index (χ4v) is 18.1. The third-order valence-electron chi connectivity index (χ3n) is 7.83. The molecular weight excluding hydrogens is 595 g/mol. The zero-order valence-corrected chi connectivity index (χ0v) is 28.8. The lowest BCUT2D eigenvalue weighted by Crippen LogP contribution is -2.66. The highest BCUT2D eigenvalue weighted by atomic mass is 127. The van der Waals surface area contributed by atoms with Crippen LogP contribution in [0.2, 0.25) is 44.3 Å². The van der Waals surface area contributed by atoms with Gasteiger partial charge in [0.1, 0.15) is 0 Å². The number of ether oxygens (including phenoxy) is 2. The molecule has 0 bridgehead atoms. The van der Waals surface area contributed by atoms with E-state index >= 15 is 0 Å². The number of hydrogen-bond acceptors (Lipinski definition) is 6. The van der Waals surface area contributed by atoms with Crippen molar-refractivity contribution in [1.82, 2.24) is 0 Å². The van der Waals surface area contributed by atoms with Gasteiger partial charge in [0.05, 0.1) is 36.9 Å². The molecule has 0 aliphatic rings. The highest BCUT2D eigenvalue weighted by molar-refractivity contribution is 14.1. The third kappa shape index (κ3) is 10.9. The Labute approximate surface area is 226 Å². The van der Waals surface area contributed by atoms with Gasteiger partial charge in [-0.2, -0.15) is 0 Å². The van der Waals surface area contributed by atoms with E-state index in [1.54, 1.807) is 0 Å². The minimum atomic E-state index is -2.26. The summed E-state index contributed by atoms with van der Waals surface area (Å²) >= 11 is 2.73. The largest absolute Gasteiger partial charge is 0.412 e. The molecule has 0 aliphatic carbocycles. The van der Waals surface area contributed by atoms with Gasteiger partial charge in [-0.25, -0.2) is 0 Å². The van der Waals surface area contributed by atoms with Crippen molar-refractivity contribution in [3.05, 3.63) is 0 Å². The van der Waals surface area contributed by atoms with Gasteiger partial charge >= 0.3 is 0 Å². The lowest BCUT2D eigenvalue weighted by atomic mass is 10.3. The van der Waals surface area contributed by atoms with Crippen LogP contribution < -0.4 is 0 Å². The molecule has 0 spiro atoms. The Kier molecular flexibility index (Phi) is 16.7. The predicted octanol–water partition coefficient (Wildman–Crippen LogP) is 6.04. The minimum Gasteiger partial charge on any atom is -0.412 e. The first kappa shape index (κ1) is 35.1. The van der Waals surface area contributed by atoms with Crippen molar-refractivity contribution in [3.63, 3.8) is 0 Å². The Hall–Kier alpha value is 1.14. The summed E-state index contributed by atoms with van der Waals surface area (Å²) in [5.41, 5.74) is -1.76. The maximum absolute atomic E-state index is 8.94. The molecule has 0 aromatic heterocycles. The van der Waals surface area contributed by atoms with Crippen molar-refractivity contribution in [2.45, 2.75) is 115 Å². The van der Waals surface area contributed by atoms with Crippen LogP contribution in [0.1, 0.15) is 60.3 Å². The minimum absolute atomic E-state index is 0.0783. The van der Waals surface area contributed by atoms with Crippen LogP contribution in [0.4, 0.5) is 0 Å². The van der Waals surface area contributed by atoms with E-state index in [4.69, 9.17) is 28.5 Å². The molecule has 34 heavy (non-hydrogen) atoms. The first-order valence-corrected chi connectivity index (χ1v) is 24.7. The van der Waals surface area contributed by atoms with E-state index in [1.807, 2.05) is 0 Å². The zero-order valence-electron chi connectivity index (χ0n) is 23.6. The Morgan fingerprint density at radius 3 is 1.59 bits per heavy atom. The average molecular weight is 651 g/mol. The van der Waals surface area contributed by atoms with Crippen molar-refractivity contribution in [3.8, 4) is 0 Å². The van der Waals surface area contributed by atoms with Gasteiger partial charge in [-0.3, -0.25) is 0 Å². The maximum atomic E-state index is 8.94. The van der Waals surface area contributed by atoms with Gasteiger partial charge in [0.25, 0.3) is 0 Å². The standard InChI is InChI=1S/C24H55IO6Si3/c1-10-23(4,31-33(8,12-3)21-13-17-28-19-15-26)32(6,7)30-24(5,11-2)34(9,25)22-14-18-29-20-16-27/h26-27H,10-22H2,1-9H3/t23-,24?,33?,34?/m1/s1. The van der Waals surface area contributed by atoms with Crippen molar-refractivity contribution in [2.75, 3.05) is 39.6 Å². The maximum Gasteiger partial charge on any atom is 0.216 e. The van der Waals surface area contributed by atoms with E-state index in [0.29, 0.717) is 26.4 Å². The van der Waals surface area contributed by atoms with Gasteiger partial charge in [-0.05, 0) is 77.3 Å². The van der Waals surface area contributed by atoms with Crippen LogP contribution in [0, 0.1) is 0 Å². The van der Waals surface area contributed by atoms with Gasteiger partial charge in [0, 0.05) is 13.2 Å². The lowest BCUT2D eigenvalue weighted by Gasteiger charge is -2.53. The molecule has 0 saturated carbocycles. The monoisotopic (exact) mass is 650 g/mol. The first-order chi connectivity index (χ1) is 15.7. The average Bonchev–Trinajstić information content (AvgIpc) is 2.78. The van der Waals surface area contributed by atoms with Gasteiger partial charge in [0.2, 0.25) is 8.32 Å². The summed E-state index contributed by atoms with van der Waals surface area (Å²) in [6.07, 6.45) is 3.93. The van der Waals surface area contributed by atoms with E-state index in [0.717, 1.165) is 43.8 Å². The van der Waals surface area contributed by atoms with Crippen molar-refractivity contribution >= 4 is 44.0 Å². The topological polar surface area (TPSA) is 77.4 Å². The van der Waals surface area contributed by atoms with E-state index in [1.165, 1.54) is 0 Å². The molecule has 0 fully saturated rings.